The maximum absolute atomic E-state index is 12.9. The Morgan fingerprint density at radius 3 is 2.95 bits per heavy atom. The first-order chi connectivity index (χ1) is 10.0. The number of nitrogens with zero attached hydrogens (tertiary/aromatic N) is 1. The third kappa shape index (κ3) is 2.84. The SMILES string of the molecule is COc1ccc(Br)cc1S(=O)(=O)N1CCC2NCCC2C1. The van der Waals surface area contributed by atoms with E-state index in [9.17, 15) is 8.42 Å². The van der Waals surface area contributed by atoms with E-state index in [0.29, 0.717) is 30.8 Å². The van der Waals surface area contributed by atoms with Crippen molar-refractivity contribution in [3.05, 3.63) is 22.7 Å². The van der Waals surface area contributed by atoms with Crippen LogP contribution in [0, 0.1) is 5.92 Å². The van der Waals surface area contributed by atoms with Crippen molar-refractivity contribution in [3.8, 4) is 5.75 Å². The summed E-state index contributed by atoms with van der Waals surface area (Å²) in [5.74, 6) is 0.816. The van der Waals surface area contributed by atoms with Crippen LogP contribution in [0.25, 0.3) is 0 Å². The number of sulfonamides is 1. The summed E-state index contributed by atoms with van der Waals surface area (Å²) in [4.78, 5) is 0.240. The van der Waals surface area contributed by atoms with Crippen molar-refractivity contribution in [2.45, 2.75) is 23.8 Å². The molecule has 2 saturated heterocycles. The van der Waals surface area contributed by atoms with Crippen LogP contribution in [0.2, 0.25) is 0 Å². The van der Waals surface area contributed by atoms with E-state index in [1.807, 2.05) is 0 Å². The molecule has 2 aliphatic rings. The average molecular weight is 375 g/mol. The third-order valence-corrected chi connectivity index (χ3v) is 6.74. The molecule has 1 aromatic carbocycles. The van der Waals surface area contributed by atoms with Crippen molar-refractivity contribution in [1.82, 2.24) is 9.62 Å². The van der Waals surface area contributed by atoms with E-state index < -0.39 is 10.0 Å². The Morgan fingerprint density at radius 1 is 1.38 bits per heavy atom. The maximum atomic E-state index is 12.9. The van der Waals surface area contributed by atoms with Crippen molar-refractivity contribution in [2.24, 2.45) is 5.92 Å². The van der Waals surface area contributed by atoms with Crippen LogP contribution in [0.5, 0.6) is 5.75 Å². The number of halogens is 1. The van der Waals surface area contributed by atoms with Crippen molar-refractivity contribution >= 4 is 26.0 Å². The molecule has 2 heterocycles. The van der Waals surface area contributed by atoms with Crippen molar-refractivity contribution in [3.63, 3.8) is 0 Å². The van der Waals surface area contributed by atoms with E-state index in [0.717, 1.165) is 23.9 Å². The second-order valence-electron chi connectivity index (χ2n) is 5.56. The fraction of sp³-hybridized carbons (Fsp3) is 0.571. The fourth-order valence-electron chi connectivity index (χ4n) is 3.22. The maximum Gasteiger partial charge on any atom is 0.246 e. The lowest BCUT2D eigenvalue weighted by Crippen LogP contribution is -2.46. The lowest BCUT2D eigenvalue weighted by atomic mass is 9.95. The number of rotatable bonds is 3. The highest BCUT2D eigenvalue weighted by Gasteiger charge is 2.38. The average Bonchev–Trinajstić information content (AvgIpc) is 2.94. The second-order valence-corrected chi connectivity index (χ2v) is 8.38. The first kappa shape index (κ1) is 15.3. The molecule has 0 saturated carbocycles. The van der Waals surface area contributed by atoms with Gasteiger partial charge in [-0.2, -0.15) is 4.31 Å². The number of benzene rings is 1. The lowest BCUT2D eigenvalue weighted by Gasteiger charge is -2.34. The summed E-state index contributed by atoms with van der Waals surface area (Å²) >= 11 is 3.34. The van der Waals surface area contributed by atoms with Gasteiger partial charge in [-0.3, -0.25) is 0 Å². The zero-order chi connectivity index (χ0) is 15.0. The lowest BCUT2D eigenvalue weighted by molar-refractivity contribution is 0.246. The van der Waals surface area contributed by atoms with Gasteiger partial charge in [0.1, 0.15) is 10.6 Å². The van der Waals surface area contributed by atoms with Gasteiger partial charge in [-0.05, 0) is 43.5 Å². The van der Waals surface area contributed by atoms with Gasteiger partial charge < -0.3 is 10.1 Å². The number of piperidine rings is 1. The van der Waals surface area contributed by atoms with E-state index in [1.54, 1.807) is 22.5 Å². The first-order valence-electron chi connectivity index (χ1n) is 7.09. The molecule has 0 radical (unpaired) electrons. The number of hydrogen-bond donors (Lipinski definition) is 1. The minimum absolute atomic E-state index is 0.240. The summed E-state index contributed by atoms with van der Waals surface area (Å²) in [6.07, 6.45) is 1.92. The molecule has 2 fully saturated rings. The molecule has 2 unspecified atom stereocenters. The van der Waals surface area contributed by atoms with Gasteiger partial charge in [-0.15, -0.1) is 0 Å². The largest absolute Gasteiger partial charge is 0.495 e. The molecular formula is C14H19BrN2O3S. The van der Waals surface area contributed by atoms with Gasteiger partial charge in [0.25, 0.3) is 0 Å². The van der Waals surface area contributed by atoms with Gasteiger partial charge >= 0.3 is 0 Å². The molecule has 0 bridgehead atoms. The normalized spacial score (nSPS) is 26.6. The van der Waals surface area contributed by atoms with Crippen LogP contribution in [-0.2, 0) is 10.0 Å². The Morgan fingerprint density at radius 2 is 2.19 bits per heavy atom. The monoisotopic (exact) mass is 374 g/mol. The molecule has 1 N–H and O–H groups in total. The van der Waals surface area contributed by atoms with Gasteiger partial charge in [0.05, 0.1) is 7.11 Å². The quantitative estimate of drug-likeness (QED) is 0.876. The van der Waals surface area contributed by atoms with Gasteiger partial charge in [0.2, 0.25) is 10.0 Å². The van der Waals surface area contributed by atoms with Crippen LogP contribution in [-0.4, -0.2) is 45.5 Å². The van der Waals surface area contributed by atoms with E-state index in [1.165, 1.54) is 7.11 Å². The molecule has 7 heteroatoms. The number of methoxy groups -OCH3 is 1. The van der Waals surface area contributed by atoms with Crippen LogP contribution in [0.4, 0.5) is 0 Å². The number of ether oxygens (including phenoxy) is 1. The molecule has 116 valence electrons. The Labute approximate surface area is 133 Å². The van der Waals surface area contributed by atoms with Crippen molar-refractivity contribution < 1.29 is 13.2 Å². The van der Waals surface area contributed by atoms with Crippen LogP contribution in [0.3, 0.4) is 0 Å². The predicted octanol–water partition coefficient (Wildman–Crippen LogP) is 1.83. The Balaban J connectivity index is 1.91. The highest BCUT2D eigenvalue weighted by atomic mass is 79.9. The summed E-state index contributed by atoms with van der Waals surface area (Å²) in [7, 11) is -2.02. The summed E-state index contributed by atoms with van der Waals surface area (Å²) < 4.78 is 33.4. The fourth-order valence-corrected chi connectivity index (χ4v) is 5.43. The van der Waals surface area contributed by atoms with Gasteiger partial charge in [-0.1, -0.05) is 15.9 Å². The second kappa shape index (κ2) is 5.87. The highest BCUT2D eigenvalue weighted by Crippen LogP contribution is 2.33. The topological polar surface area (TPSA) is 58.6 Å². The standard InChI is InChI=1S/C14H19BrN2O3S/c1-20-13-3-2-11(15)8-14(13)21(18,19)17-7-5-12-10(9-17)4-6-16-12/h2-3,8,10,12,16H,4-7,9H2,1H3. The van der Waals surface area contributed by atoms with Crippen LogP contribution in [0.15, 0.2) is 27.6 Å². The number of hydrogen-bond acceptors (Lipinski definition) is 4. The number of fused-ring (bicyclic) bond motifs is 1. The molecule has 2 aliphatic heterocycles. The predicted molar refractivity (Wildman–Crippen MR) is 84.0 cm³/mol. The molecule has 0 aromatic heterocycles. The minimum atomic E-state index is -3.52. The molecule has 1 aromatic rings. The first-order valence-corrected chi connectivity index (χ1v) is 9.33. The zero-order valence-electron chi connectivity index (χ0n) is 11.9. The Hall–Kier alpha value is -0.630. The summed E-state index contributed by atoms with van der Waals surface area (Å²) in [5.41, 5.74) is 0. The Bertz CT molecular complexity index is 635. The van der Waals surface area contributed by atoms with Gasteiger partial charge in [-0.25, -0.2) is 8.42 Å². The molecule has 0 spiro atoms. The van der Waals surface area contributed by atoms with E-state index >= 15 is 0 Å². The van der Waals surface area contributed by atoms with Crippen LogP contribution < -0.4 is 10.1 Å². The molecule has 0 aliphatic carbocycles. The van der Waals surface area contributed by atoms with E-state index in [4.69, 9.17) is 4.74 Å². The van der Waals surface area contributed by atoms with Gasteiger partial charge in [0, 0.05) is 23.6 Å². The highest BCUT2D eigenvalue weighted by molar-refractivity contribution is 9.10. The molecule has 0 amide bonds. The third-order valence-electron chi connectivity index (χ3n) is 4.36. The smallest absolute Gasteiger partial charge is 0.246 e. The van der Waals surface area contributed by atoms with Gasteiger partial charge in [0.15, 0.2) is 0 Å². The van der Waals surface area contributed by atoms with Crippen molar-refractivity contribution in [1.29, 1.82) is 0 Å². The molecule has 5 nitrogen and oxygen atoms in total. The number of nitrogens with one attached hydrogen (secondary N) is 1. The molecule has 21 heavy (non-hydrogen) atoms. The van der Waals surface area contributed by atoms with E-state index in [2.05, 4.69) is 21.2 Å². The van der Waals surface area contributed by atoms with Crippen molar-refractivity contribution in [2.75, 3.05) is 26.7 Å². The summed E-state index contributed by atoms with van der Waals surface area (Å²) in [6.45, 7) is 2.14. The van der Waals surface area contributed by atoms with Crippen LogP contribution >= 0.6 is 15.9 Å². The molecule has 3 rings (SSSR count). The minimum Gasteiger partial charge on any atom is -0.495 e. The summed E-state index contributed by atoms with van der Waals surface area (Å²) in [5, 5.41) is 3.45. The molecule has 2 atom stereocenters. The van der Waals surface area contributed by atoms with Crippen LogP contribution in [0.1, 0.15) is 12.8 Å². The van der Waals surface area contributed by atoms with E-state index in [-0.39, 0.29) is 4.90 Å². The molecular weight excluding hydrogens is 356 g/mol. The Kier molecular flexibility index (Phi) is 4.27. The zero-order valence-corrected chi connectivity index (χ0v) is 14.3. The summed E-state index contributed by atoms with van der Waals surface area (Å²) in [6, 6.07) is 5.56.